The molecule has 0 saturated heterocycles. The Hall–Kier alpha value is -1.62. The van der Waals surface area contributed by atoms with Gasteiger partial charge in [-0.3, -0.25) is 0 Å². The molecule has 2 aromatic rings. The Morgan fingerprint density at radius 1 is 1.15 bits per heavy atom. The van der Waals surface area contributed by atoms with Gasteiger partial charge in [0.1, 0.15) is 18.8 Å². The van der Waals surface area contributed by atoms with Gasteiger partial charge in [0, 0.05) is 11.0 Å². The number of nitrogens with zero attached hydrogens (tertiary/aromatic N) is 2. The van der Waals surface area contributed by atoms with Crippen LogP contribution in [0.3, 0.4) is 0 Å². The van der Waals surface area contributed by atoms with Crippen LogP contribution in [0.4, 0.5) is 5.82 Å². The summed E-state index contributed by atoms with van der Waals surface area (Å²) in [6, 6.07) is 8.07. The van der Waals surface area contributed by atoms with E-state index < -0.39 is 0 Å². The first-order valence-corrected chi connectivity index (χ1v) is 7.48. The molecule has 0 atom stereocenters. The van der Waals surface area contributed by atoms with E-state index >= 15 is 0 Å². The zero-order valence-electron chi connectivity index (χ0n) is 11.7. The monoisotopic (exact) mass is 335 g/mol. The summed E-state index contributed by atoms with van der Waals surface area (Å²) in [7, 11) is 0. The Labute approximate surface area is 127 Å². The van der Waals surface area contributed by atoms with Gasteiger partial charge in [-0.2, -0.15) is 0 Å². The van der Waals surface area contributed by atoms with Gasteiger partial charge in [-0.25, -0.2) is 9.97 Å². The van der Waals surface area contributed by atoms with Crippen LogP contribution in [0.5, 0.6) is 5.88 Å². The quantitative estimate of drug-likeness (QED) is 0.871. The molecule has 1 aromatic carbocycles. The Morgan fingerprint density at radius 3 is 2.55 bits per heavy atom. The van der Waals surface area contributed by atoms with Crippen molar-refractivity contribution in [2.24, 2.45) is 0 Å². The molecule has 1 N–H and O–H groups in total. The minimum Gasteiger partial charge on any atom is -0.472 e. The minimum absolute atomic E-state index is 0.503. The molecule has 0 spiro atoms. The Balaban J connectivity index is 2.12. The molecule has 0 fully saturated rings. The summed E-state index contributed by atoms with van der Waals surface area (Å²) in [6.07, 6.45) is 2.37. The summed E-state index contributed by atoms with van der Waals surface area (Å²) in [6.45, 7) is 5.45. The molecule has 1 aromatic heterocycles. The standard InChI is InChI=1S/C15H18BrN3O/c1-3-13-14(17-4-2)18-10-19-15(13)20-9-11-5-7-12(16)8-6-11/h5-8,10H,3-4,9H2,1-2H3,(H,17,18,19). The second kappa shape index (κ2) is 7.24. The van der Waals surface area contributed by atoms with Crippen LogP contribution in [0.1, 0.15) is 25.0 Å². The van der Waals surface area contributed by atoms with Crippen LogP contribution in [0.15, 0.2) is 35.1 Å². The maximum Gasteiger partial charge on any atom is 0.222 e. The number of aromatic nitrogens is 2. The molecule has 0 saturated carbocycles. The Bertz CT molecular complexity index is 558. The van der Waals surface area contributed by atoms with Crippen molar-refractivity contribution in [3.8, 4) is 5.88 Å². The molecule has 0 aliphatic heterocycles. The van der Waals surface area contributed by atoms with Gasteiger partial charge in [0.05, 0.1) is 5.56 Å². The highest BCUT2D eigenvalue weighted by Crippen LogP contribution is 2.23. The van der Waals surface area contributed by atoms with E-state index in [0.29, 0.717) is 12.5 Å². The largest absolute Gasteiger partial charge is 0.472 e. The third kappa shape index (κ3) is 3.70. The molecule has 4 nitrogen and oxygen atoms in total. The van der Waals surface area contributed by atoms with E-state index in [9.17, 15) is 0 Å². The molecule has 0 amide bonds. The van der Waals surface area contributed by atoms with Crippen molar-refractivity contribution in [3.63, 3.8) is 0 Å². The van der Waals surface area contributed by atoms with E-state index in [4.69, 9.17) is 4.74 Å². The highest BCUT2D eigenvalue weighted by molar-refractivity contribution is 9.10. The lowest BCUT2D eigenvalue weighted by Crippen LogP contribution is -2.07. The topological polar surface area (TPSA) is 47.0 Å². The lowest BCUT2D eigenvalue weighted by molar-refractivity contribution is 0.290. The van der Waals surface area contributed by atoms with Gasteiger partial charge in [-0.05, 0) is 31.0 Å². The lowest BCUT2D eigenvalue weighted by atomic mass is 10.2. The number of rotatable bonds is 6. The van der Waals surface area contributed by atoms with Crippen molar-refractivity contribution in [2.45, 2.75) is 26.9 Å². The first-order chi connectivity index (χ1) is 9.74. The van der Waals surface area contributed by atoms with Crippen LogP contribution in [0.25, 0.3) is 0 Å². The SMILES string of the molecule is CCNc1ncnc(OCc2ccc(Br)cc2)c1CC. The number of nitrogens with one attached hydrogen (secondary N) is 1. The molecule has 0 aliphatic carbocycles. The average molecular weight is 336 g/mol. The van der Waals surface area contributed by atoms with Crippen molar-refractivity contribution in [2.75, 3.05) is 11.9 Å². The molecule has 106 valence electrons. The van der Waals surface area contributed by atoms with Gasteiger partial charge in [-0.1, -0.05) is 35.0 Å². The fraction of sp³-hybridized carbons (Fsp3) is 0.333. The molecule has 0 aliphatic rings. The zero-order chi connectivity index (χ0) is 14.4. The summed E-state index contributed by atoms with van der Waals surface area (Å²) in [4.78, 5) is 8.50. The molecule has 0 bridgehead atoms. The average Bonchev–Trinajstić information content (AvgIpc) is 2.47. The van der Waals surface area contributed by atoms with Gasteiger partial charge >= 0.3 is 0 Å². The van der Waals surface area contributed by atoms with E-state index in [1.807, 2.05) is 31.2 Å². The molecule has 2 rings (SSSR count). The Morgan fingerprint density at radius 2 is 1.90 bits per heavy atom. The van der Waals surface area contributed by atoms with Crippen molar-refractivity contribution < 1.29 is 4.74 Å². The van der Waals surface area contributed by atoms with E-state index in [0.717, 1.165) is 34.4 Å². The number of halogens is 1. The van der Waals surface area contributed by atoms with Gasteiger partial charge in [0.25, 0.3) is 0 Å². The molecular formula is C15H18BrN3O. The number of hydrogen-bond donors (Lipinski definition) is 1. The second-order valence-electron chi connectivity index (χ2n) is 4.31. The minimum atomic E-state index is 0.503. The van der Waals surface area contributed by atoms with Crippen LogP contribution in [-0.2, 0) is 13.0 Å². The molecule has 20 heavy (non-hydrogen) atoms. The van der Waals surface area contributed by atoms with Crippen LogP contribution in [-0.4, -0.2) is 16.5 Å². The Kier molecular flexibility index (Phi) is 5.35. The van der Waals surface area contributed by atoms with Crippen molar-refractivity contribution in [1.29, 1.82) is 0 Å². The van der Waals surface area contributed by atoms with E-state index in [1.165, 1.54) is 6.33 Å². The number of anilines is 1. The smallest absolute Gasteiger partial charge is 0.222 e. The van der Waals surface area contributed by atoms with Gasteiger partial charge in [0.2, 0.25) is 5.88 Å². The fourth-order valence-corrected chi connectivity index (χ4v) is 2.16. The zero-order valence-corrected chi connectivity index (χ0v) is 13.3. The van der Waals surface area contributed by atoms with Gasteiger partial charge in [-0.15, -0.1) is 0 Å². The fourth-order valence-electron chi connectivity index (χ4n) is 1.89. The summed E-state index contributed by atoms with van der Waals surface area (Å²) >= 11 is 3.42. The summed E-state index contributed by atoms with van der Waals surface area (Å²) in [5, 5.41) is 3.24. The van der Waals surface area contributed by atoms with Crippen molar-refractivity contribution >= 4 is 21.7 Å². The maximum atomic E-state index is 5.83. The van der Waals surface area contributed by atoms with Crippen LogP contribution in [0, 0.1) is 0 Å². The van der Waals surface area contributed by atoms with Crippen LogP contribution < -0.4 is 10.1 Å². The van der Waals surface area contributed by atoms with E-state index in [-0.39, 0.29) is 0 Å². The lowest BCUT2D eigenvalue weighted by Gasteiger charge is -2.13. The van der Waals surface area contributed by atoms with Crippen molar-refractivity contribution in [3.05, 3.63) is 46.2 Å². The highest BCUT2D eigenvalue weighted by Gasteiger charge is 2.10. The summed E-state index contributed by atoms with van der Waals surface area (Å²) in [5.41, 5.74) is 2.13. The number of hydrogen-bond acceptors (Lipinski definition) is 4. The van der Waals surface area contributed by atoms with Crippen LogP contribution in [0.2, 0.25) is 0 Å². The normalized spacial score (nSPS) is 10.3. The molecule has 1 heterocycles. The highest BCUT2D eigenvalue weighted by atomic mass is 79.9. The molecule has 0 unspecified atom stereocenters. The van der Waals surface area contributed by atoms with E-state index in [1.54, 1.807) is 0 Å². The third-order valence-corrected chi connectivity index (χ3v) is 3.42. The van der Waals surface area contributed by atoms with E-state index in [2.05, 4.69) is 38.1 Å². The molecule has 0 radical (unpaired) electrons. The first kappa shape index (κ1) is 14.8. The van der Waals surface area contributed by atoms with Crippen LogP contribution >= 0.6 is 15.9 Å². The third-order valence-electron chi connectivity index (χ3n) is 2.89. The summed E-state index contributed by atoms with van der Waals surface area (Å²) < 4.78 is 6.90. The number of benzene rings is 1. The predicted octanol–water partition coefficient (Wildman–Crippen LogP) is 3.81. The predicted molar refractivity (Wildman–Crippen MR) is 84.0 cm³/mol. The second-order valence-corrected chi connectivity index (χ2v) is 5.22. The van der Waals surface area contributed by atoms with Gasteiger partial charge in [0.15, 0.2) is 0 Å². The first-order valence-electron chi connectivity index (χ1n) is 6.69. The maximum absolute atomic E-state index is 5.83. The molecule has 5 heteroatoms. The molecular weight excluding hydrogens is 318 g/mol. The van der Waals surface area contributed by atoms with Gasteiger partial charge < -0.3 is 10.1 Å². The van der Waals surface area contributed by atoms with Crippen molar-refractivity contribution in [1.82, 2.24) is 9.97 Å². The summed E-state index contributed by atoms with van der Waals surface area (Å²) in [5.74, 6) is 1.51. The number of ether oxygens (including phenoxy) is 1.